The van der Waals surface area contributed by atoms with Crippen molar-refractivity contribution < 1.29 is 4.79 Å². The first-order chi connectivity index (χ1) is 8.74. The van der Waals surface area contributed by atoms with Gasteiger partial charge in [-0.15, -0.1) is 0 Å². The third-order valence-corrected chi connectivity index (χ3v) is 3.02. The van der Waals surface area contributed by atoms with E-state index in [4.69, 9.17) is 11.6 Å². The molecule has 0 aromatic carbocycles. The van der Waals surface area contributed by atoms with Crippen LogP contribution in [0.4, 0.5) is 5.69 Å². The first-order valence-electron chi connectivity index (χ1n) is 5.48. The number of fused-ring (bicyclic) bond motifs is 1. The van der Waals surface area contributed by atoms with Crippen molar-refractivity contribution >= 4 is 23.2 Å². The zero-order valence-electron chi connectivity index (χ0n) is 9.35. The summed E-state index contributed by atoms with van der Waals surface area (Å²) in [5.74, 6) is -0.139. The minimum Gasteiger partial charge on any atom is -0.321 e. The number of carbonyl (C=O) groups is 1. The number of anilines is 1. The second-order valence-corrected chi connectivity index (χ2v) is 4.35. The summed E-state index contributed by atoms with van der Waals surface area (Å²) in [7, 11) is 0. The van der Waals surface area contributed by atoms with Gasteiger partial charge in [-0.3, -0.25) is 4.79 Å². The maximum absolute atomic E-state index is 12.1. The summed E-state index contributed by atoms with van der Waals surface area (Å²) in [5, 5.41) is 3.20. The Labute approximate surface area is 109 Å². The standard InChI is InChI=1S/C14H9ClN2O/c15-13-7-5-10(8-16-13)17-14(18)12-6-4-9-2-1-3-11(9)12/h1-8H,(H,17,18). The lowest BCUT2D eigenvalue weighted by atomic mass is 10.1. The largest absolute Gasteiger partial charge is 0.321 e. The number of aromatic nitrogens is 1. The summed E-state index contributed by atoms with van der Waals surface area (Å²) in [6, 6.07) is 3.36. The van der Waals surface area contributed by atoms with Crippen LogP contribution in [-0.2, 0) is 4.79 Å². The second-order valence-electron chi connectivity index (χ2n) is 3.97. The normalized spacial score (nSPS) is 15.9. The van der Waals surface area contributed by atoms with E-state index in [1.165, 1.54) is 6.20 Å². The van der Waals surface area contributed by atoms with Crippen molar-refractivity contribution in [1.29, 1.82) is 0 Å². The molecule has 0 unspecified atom stereocenters. The molecular formula is C14H9ClN2O. The van der Waals surface area contributed by atoms with Gasteiger partial charge < -0.3 is 5.32 Å². The Morgan fingerprint density at radius 3 is 2.89 bits per heavy atom. The highest BCUT2D eigenvalue weighted by Gasteiger charge is 2.20. The van der Waals surface area contributed by atoms with Gasteiger partial charge in [-0.2, -0.15) is 0 Å². The van der Waals surface area contributed by atoms with E-state index in [1.807, 2.05) is 30.4 Å². The van der Waals surface area contributed by atoms with Gasteiger partial charge in [0.1, 0.15) is 5.15 Å². The number of allylic oxidation sites excluding steroid dienone is 6. The highest BCUT2D eigenvalue weighted by atomic mass is 35.5. The summed E-state index contributed by atoms with van der Waals surface area (Å²) < 4.78 is 0. The van der Waals surface area contributed by atoms with E-state index in [9.17, 15) is 4.79 Å². The molecule has 0 bridgehead atoms. The highest BCUT2D eigenvalue weighted by molar-refractivity contribution is 6.29. The van der Waals surface area contributed by atoms with E-state index in [1.54, 1.807) is 12.1 Å². The van der Waals surface area contributed by atoms with E-state index < -0.39 is 0 Å². The first-order valence-corrected chi connectivity index (χ1v) is 5.86. The van der Waals surface area contributed by atoms with Gasteiger partial charge in [0, 0.05) is 5.57 Å². The number of hydrogen-bond acceptors (Lipinski definition) is 2. The van der Waals surface area contributed by atoms with Gasteiger partial charge in [0.2, 0.25) is 0 Å². The lowest BCUT2D eigenvalue weighted by Crippen LogP contribution is -2.13. The molecule has 1 aromatic heterocycles. The fourth-order valence-corrected chi connectivity index (χ4v) is 2.05. The number of halogens is 1. The minimum atomic E-state index is -0.139. The van der Waals surface area contributed by atoms with Gasteiger partial charge in [-0.25, -0.2) is 4.98 Å². The lowest BCUT2D eigenvalue weighted by Gasteiger charge is -2.05. The predicted molar refractivity (Wildman–Crippen MR) is 71.3 cm³/mol. The molecule has 4 heteroatoms. The molecule has 88 valence electrons. The molecule has 3 rings (SSSR count). The average Bonchev–Trinajstić information content (AvgIpc) is 2.93. The quantitative estimate of drug-likeness (QED) is 0.827. The van der Waals surface area contributed by atoms with Crippen LogP contribution in [0.25, 0.3) is 0 Å². The molecule has 1 amide bonds. The fraction of sp³-hybridized carbons (Fsp3) is 0. The van der Waals surface area contributed by atoms with E-state index in [0.29, 0.717) is 16.4 Å². The molecule has 3 nitrogen and oxygen atoms in total. The maximum Gasteiger partial charge on any atom is 0.256 e. The summed E-state index contributed by atoms with van der Waals surface area (Å²) in [6.45, 7) is 0. The Bertz CT molecular complexity index is 636. The van der Waals surface area contributed by atoms with Gasteiger partial charge in [-0.05, 0) is 29.4 Å². The number of nitrogens with zero attached hydrogens (tertiary/aromatic N) is 1. The van der Waals surface area contributed by atoms with Gasteiger partial charge in [-0.1, -0.05) is 35.9 Å². The number of hydrogen-bond donors (Lipinski definition) is 1. The van der Waals surface area contributed by atoms with Crippen molar-refractivity contribution in [2.45, 2.75) is 0 Å². The summed E-state index contributed by atoms with van der Waals surface area (Å²) in [4.78, 5) is 16.0. The average molecular weight is 257 g/mol. The van der Waals surface area contributed by atoms with Crippen LogP contribution >= 0.6 is 11.6 Å². The molecule has 0 aliphatic heterocycles. The van der Waals surface area contributed by atoms with E-state index >= 15 is 0 Å². The van der Waals surface area contributed by atoms with Crippen LogP contribution in [0.15, 0.2) is 65.4 Å². The van der Waals surface area contributed by atoms with Crippen LogP contribution in [0.1, 0.15) is 0 Å². The maximum atomic E-state index is 12.1. The number of nitrogens with one attached hydrogen (secondary N) is 1. The Balaban J connectivity index is 1.83. The fourth-order valence-electron chi connectivity index (χ4n) is 1.93. The smallest absolute Gasteiger partial charge is 0.256 e. The van der Waals surface area contributed by atoms with Crippen molar-refractivity contribution in [1.82, 2.24) is 4.98 Å². The number of pyridine rings is 1. The summed E-state index contributed by atoms with van der Waals surface area (Å²) in [5.41, 5.74) is 3.35. The van der Waals surface area contributed by atoms with Crippen molar-refractivity contribution in [3.05, 3.63) is 70.6 Å². The second kappa shape index (κ2) is 4.27. The van der Waals surface area contributed by atoms with Crippen molar-refractivity contribution in [2.75, 3.05) is 5.32 Å². The van der Waals surface area contributed by atoms with E-state index in [0.717, 1.165) is 11.1 Å². The molecule has 2 aliphatic carbocycles. The number of amides is 1. The van der Waals surface area contributed by atoms with Crippen molar-refractivity contribution in [3.8, 4) is 0 Å². The SMILES string of the molecule is O=C(Nc1ccc(Cl)nc1)C1=C2C=CC=C2C=C1. The monoisotopic (exact) mass is 256 g/mol. The first kappa shape index (κ1) is 11.0. The molecule has 1 N–H and O–H groups in total. The van der Waals surface area contributed by atoms with Crippen LogP contribution in [-0.4, -0.2) is 10.9 Å². The van der Waals surface area contributed by atoms with Crippen molar-refractivity contribution in [2.24, 2.45) is 0 Å². The van der Waals surface area contributed by atoms with Gasteiger partial charge in [0.15, 0.2) is 0 Å². The van der Waals surface area contributed by atoms with Gasteiger partial charge in [0.05, 0.1) is 11.9 Å². The minimum absolute atomic E-state index is 0.139. The van der Waals surface area contributed by atoms with Crippen LogP contribution < -0.4 is 5.32 Å². The highest BCUT2D eigenvalue weighted by Crippen LogP contribution is 2.30. The molecular weight excluding hydrogens is 248 g/mol. The van der Waals surface area contributed by atoms with E-state index in [2.05, 4.69) is 10.3 Å². The molecule has 0 fully saturated rings. The Hall–Kier alpha value is -2.13. The lowest BCUT2D eigenvalue weighted by molar-refractivity contribution is -0.112. The van der Waals surface area contributed by atoms with Crippen LogP contribution in [0.3, 0.4) is 0 Å². The van der Waals surface area contributed by atoms with Crippen LogP contribution in [0.5, 0.6) is 0 Å². The molecule has 0 saturated carbocycles. The number of carbonyl (C=O) groups excluding carboxylic acids is 1. The molecule has 0 spiro atoms. The molecule has 0 radical (unpaired) electrons. The Kier molecular flexibility index (Phi) is 2.61. The Morgan fingerprint density at radius 2 is 2.11 bits per heavy atom. The molecule has 0 saturated heterocycles. The van der Waals surface area contributed by atoms with Crippen LogP contribution in [0, 0.1) is 0 Å². The zero-order chi connectivity index (χ0) is 12.5. The Morgan fingerprint density at radius 1 is 1.22 bits per heavy atom. The molecule has 0 atom stereocenters. The molecule has 2 aliphatic rings. The molecule has 1 aromatic rings. The van der Waals surface area contributed by atoms with Gasteiger partial charge >= 0.3 is 0 Å². The van der Waals surface area contributed by atoms with E-state index in [-0.39, 0.29) is 5.91 Å². The molecule has 1 heterocycles. The van der Waals surface area contributed by atoms with Gasteiger partial charge in [0.25, 0.3) is 5.91 Å². The number of rotatable bonds is 2. The summed E-state index contributed by atoms with van der Waals surface area (Å²) >= 11 is 5.69. The predicted octanol–water partition coefficient (Wildman–Crippen LogP) is 3.04. The van der Waals surface area contributed by atoms with Crippen LogP contribution in [0.2, 0.25) is 5.15 Å². The molecule has 18 heavy (non-hydrogen) atoms. The van der Waals surface area contributed by atoms with Crippen molar-refractivity contribution in [3.63, 3.8) is 0 Å². The third-order valence-electron chi connectivity index (χ3n) is 2.80. The third kappa shape index (κ3) is 1.89. The summed E-state index contributed by atoms with van der Waals surface area (Å²) in [6.07, 6.45) is 11.1. The zero-order valence-corrected chi connectivity index (χ0v) is 10.1. The topological polar surface area (TPSA) is 42.0 Å².